The molecule has 1 heterocycles. The van der Waals surface area contributed by atoms with Crippen molar-refractivity contribution in [2.45, 2.75) is 52.0 Å². The van der Waals surface area contributed by atoms with Gasteiger partial charge in [0.05, 0.1) is 11.0 Å². The lowest BCUT2D eigenvalue weighted by Gasteiger charge is -2.06. The molecule has 2 aromatic rings. The number of rotatable bonds is 7. The van der Waals surface area contributed by atoms with Crippen molar-refractivity contribution in [3.8, 4) is 0 Å². The van der Waals surface area contributed by atoms with Gasteiger partial charge in [0, 0.05) is 24.6 Å². The maximum absolute atomic E-state index is 11.8. The van der Waals surface area contributed by atoms with Crippen LogP contribution in [0, 0.1) is 0 Å². The Morgan fingerprint density at radius 3 is 3.00 bits per heavy atom. The number of carbonyl (C=O) groups excluding carboxylic acids is 1. The molecule has 5 heteroatoms. The van der Waals surface area contributed by atoms with Crippen molar-refractivity contribution in [2.75, 3.05) is 5.32 Å². The highest BCUT2D eigenvalue weighted by atomic mass is 16.1. The van der Waals surface area contributed by atoms with Crippen molar-refractivity contribution >= 4 is 22.6 Å². The van der Waals surface area contributed by atoms with Gasteiger partial charge in [0.25, 0.3) is 0 Å². The first kappa shape index (κ1) is 15.5. The third-order valence-corrected chi connectivity index (χ3v) is 3.41. The quantitative estimate of drug-likeness (QED) is 0.732. The Kier molecular flexibility index (Phi) is 5.33. The Hall–Kier alpha value is -1.88. The molecule has 114 valence electrons. The highest BCUT2D eigenvalue weighted by Crippen LogP contribution is 2.18. The predicted molar refractivity (Wildman–Crippen MR) is 86.2 cm³/mol. The summed E-state index contributed by atoms with van der Waals surface area (Å²) < 4.78 is 0. The molecule has 0 aliphatic rings. The SMILES string of the molecule is CCCCc1nc2ccc(NC(=O)CCC(C)N)cc2[nH]1. The Bertz CT molecular complexity index is 603. The topological polar surface area (TPSA) is 83.8 Å². The lowest BCUT2D eigenvalue weighted by molar-refractivity contribution is -0.116. The third kappa shape index (κ3) is 4.56. The van der Waals surface area contributed by atoms with E-state index in [-0.39, 0.29) is 11.9 Å². The summed E-state index contributed by atoms with van der Waals surface area (Å²) in [5.74, 6) is 1.00. The minimum Gasteiger partial charge on any atom is -0.342 e. The molecule has 1 amide bonds. The van der Waals surface area contributed by atoms with Gasteiger partial charge >= 0.3 is 0 Å². The largest absolute Gasteiger partial charge is 0.342 e. The molecule has 1 unspecified atom stereocenters. The van der Waals surface area contributed by atoms with Crippen molar-refractivity contribution in [1.82, 2.24) is 9.97 Å². The number of imidazole rings is 1. The number of unbranched alkanes of at least 4 members (excludes halogenated alkanes) is 1. The fourth-order valence-corrected chi connectivity index (χ4v) is 2.19. The van der Waals surface area contributed by atoms with Crippen molar-refractivity contribution < 1.29 is 4.79 Å². The number of fused-ring (bicyclic) bond motifs is 1. The lowest BCUT2D eigenvalue weighted by Crippen LogP contribution is -2.19. The molecule has 21 heavy (non-hydrogen) atoms. The highest BCUT2D eigenvalue weighted by molar-refractivity contribution is 5.93. The Morgan fingerprint density at radius 2 is 2.29 bits per heavy atom. The number of benzene rings is 1. The summed E-state index contributed by atoms with van der Waals surface area (Å²) in [4.78, 5) is 19.7. The summed E-state index contributed by atoms with van der Waals surface area (Å²) in [7, 11) is 0. The molecular weight excluding hydrogens is 264 g/mol. The van der Waals surface area contributed by atoms with Gasteiger partial charge in [-0.05, 0) is 38.0 Å². The fourth-order valence-electron chi connectivity index (χ4n) is 2.19. The van der Waals surface area contributed by atoms with Crippen molar-refractivity contribution in [1.29, 1.82) is 0 Å². The first-order valence-electron chi connectivity index (χ1n) is 7.62. The number of anilines is 1. The van der Waals surface area contributed by atoms with Crippen LogP contribution in [0.25, 0.3) is 11.0 Å². The van der Waals surface area contributed by atoms with E-state index in [4.69, 9.17) is 5.73 Å². The van der Waals surface area contributed by atoms with Crippen LogP contribution in [0.5, 0.6) is 0 Å². The van der Waals surface area contributed by atoms with Gasteiger partial charge in [-0.2, -0.15) is 0 Å². The number of nitrogens with two attached hydrogens (primary N) is 1. The normalized spacial score (nSPS) is 12.5. The van der Waals surface area contributed by atoms with E-state index < -0.39 is 0 Å². The smallest absolute Gasteiger partial charge is 0.224 e. The van der Waals surface area contributed by atoms with Gasteiger partial charge in [-0.1, -0.05) is 13.3 Å². The van der Waals surface area contributed by atoms with E-state index in [0.717, 1.165) is 41.8 Å². The fraction of sp³-hybridized carbons (Fsp3) is 0.500. The van der Waals surface area contributed by atoms with Crippen molar-refractivity contribution in [3.63, 3.8) is 0 Å². The molecule has 0 saturated carbocycles. The van der Waals surface area contributed by atoms with E-state index in [1.807, 2.05) is 25.1 Å². The van der Waals surface area contributed by atoms with E-state index in [1.165, 1.54) is 0 Å². The molecule has 5 nitrogen and oxygen atoms in total. The number of aromatic nitrogens is 2. The number of aryl methyl sites for hydroxylation is 1. The summed E-state index contributed by atoms with van der Waals surface area (Å²) in [6, 6.07) is 5.80. The molecule has 0 fully saturated rings. The first-order chi connectivity index (χ1) is 10.1. The van der Waals surface area contributed by atoms with E-state index in [9.17, 15) is 4.79 Å². The van der Waals surface area contributed by atoms with Crippen LogP contribution in [0.15, 0.2) is 18.2 Å². The molecule has 2 rings (SSSR count). The lowest BCUT2D eigenvalue weighted by atomic mass is 10.2. The van der Waals surface area contributed by atoms with Gasteiger partial charge in [0.15, 0.2) is 0 Å². The van der Waals surface area contributed by atoms with Crippen molar-refractivity contribution in [3.05, 3.63) is 24.0 Å². The number of aromatic amines is 1. The highest BCUT2D eigenvalue weighted by Gasteiger charge is 2.07. The minimum absolute atomic E-state index is 0.00243. The maximum atomic E-state index is 11.8. The van der Waals surface area contributed by atoms with Gasteiger partial charge in [-0.25, -0.2) is 4.98 Å². The summed E-state index contributed by atoms with van der Waals surface area (Å²) in [6.45, 7) is 4.07. The average molecular weight is 288 g/mol. The molecule has 1 aromatic heterocycles. The monoisotopic (exact) mass is 288 g/mol. The second kappa shape index (κ2) is 7.22. The Labute approximate surface area is 125 Å². The Balaban J connectivity index is 2.02. The summed E-state index contributed by atoms with van der Waals surface area (Å²) >= 11 is 0. The number of H-pyrrole nitrogens is 1. The first-order valence-corrected chi connectivity index (χ1v) is 7.62. The molecule has 0 radical (unpaired) electrons. The molecule has 1 atom stereocenters. The predicted octanol–water partition coefficient (Wildman–Crippen LogP) is 2.97. The zero-order valence-electron chi connectivity index (χ0n) is 12.8. The minimum atomic E-state index is -0.00243. The van der Waals surface area contributed by atoms with Gasteiger partial charge in [0.2, 0.25) is 5.91 Å². The number of nitrogens with one attached hydrogen (secondary N) is 2. The van der Waals surface area contributed by atoms with E-state index in [0.29, 0.717) is 12.8 Å². The third-order valence-electron chi connectivity index (χ3n) is 3.41. The molecular formula is C16H24N4O. The van der Waals surface area contributed by atoms with Gasteiger partial charge in [-0.15, -0.1) is 0 Å². The zero-order valence-corrected chi connectivity index (χ0v) is 12.8. The Morgan fingerprint density at radius 1 is 1.48 bits per heavy atom. The molecule has 0 spiro atoms. The number of nitrogens with zero attached hydrogens (tertiary/aromatic N) is 1. The van der Waals surface area contributed by atoms with E-state index in [1.54, 1.807) is 0 Å². The zero-order chi connectivity index (χ0) is 15.2. The van der Waals surface area contributed by atoms with Gasteiger partial charge < -0.3 is 16.0 Å². The molecule has 0 aliphatic carbocycles. The van der Waals surface area contributed by atoms with E-state index in [2.05, 4.69) is 22.2 Å². The van der Waals surface area contributed by atoms with Crippen LogP contribution in [0.2, 0.25) is 0 Å². The van der Waals surface area contributed by atoms with Crippen LogP contribution in [-0.2, 0) is 11.2 Å². The van der Waals surface area contributed by atoms with E-state index >= 15 is 0 Å². The van der Waals surface area contributed by atoms with Crippen LogP contribution in [0.1, 0.15) is 45.4 Å². The molecule has 0 aliphatic heterocycles. The van der Waals surface area contributed by atoms with Crippen LogP contribution >= 0.6 is 0 Å². The summed E-state index contributed by atoms with van der Waals surface area (Å²) in [6.07, 6.45) is 4.37. The second-order valence-electron chi connectivity index (χ2n) is 5.58. The number of amides is 1. The molecule has 4 N–H and O–H groups in total. The summed E-state index contributed by atoms with van der Waals surface area (Å²) in [5, 5.41) is 2.90. The van der Waals surface area contributed by atoms with Crippen LogP contribution in [-0.4, -0.2) is 21.9 Å². The second-order valence-corrected chi connectivity index (χ2v) is 5.58. The number of hydrogen-bond acceptors (Lipinski definition) is 3. The molecule has 1 aromatic carbocycles. The number of hydrogen-bond donors (Lipinski definition) is 3. The van der Waals surface area contributed by atoms with Crippen LogP contribution < -0.4 is 11.1 Å². The van der Waals surface area contributed by atoms with Crippen LogP contribution in [0.3, 0.4) is 0 Å². The summed E-state index contributed by atoms with van der Waals surface area (Å²) in [5.41, 5.74) is 8.36. The average Bonchev–Trinajstić information content (AvgIpc) is 2.85. The van der Waals surface area contributed by atoms with Crippen LogP contribution in [0.4, 0.5) is 5.69 Å². The molecule has 0 saturated heterocycles. The number of carbonyl (C=O) groups is 1. The molecule has 0 bridgehead atoms. The maximum Gasteiger partial charge on any atom is 0.224 e. The van der Waals surface area contributed by atoms with Gasteiger partial charge in [0.1, 0.15) is 5.82 Å². The van der Waals surface area contributed by atoms with Crippen molar-refractivity contribution in [2.24, 2.45) is 5.73 Å². The standard InChI is InChI=1S/C16H24N4O/c1-3-4-5-15-19-13-8-7-12(10-14(13)20-15)18-16(21)9-6-11(2)17/h7-8,10-11H,3-6,9,17H2,1-2H3,(H,18,21)(H,19,20). The van der Waals surface area contributed by atoms with Gasteiger partial charge in [-0.3, -0.25) is 4.79 Å².